The Bertz CT molecular complexity index is 566. The lowest BCUT2D eigenvalue weighted by Gasteiger charge is -2.31. The van der Waals surface area contributed by atoms with Gasteiger partial charge in [0.15, 0.2) is 0 Å². The highest BCUT2D eigenvalue weighted by atomic mass is 32.2. The van der Waals surface area contributed by atoms with E-state index in [-0.39, 0.29) is 22.4 Å². The van der Waals surface area contributed by atoms with E-state index in [1.807, 2.05) is 6.92 Å². The lowest BCUT2D eigenvalue weighted by Crippen LogP contribution is -2.40. The second kappa shape index (κ2) is 5.99. The van der Waals surface area contributed by atoms with E-state index in [1.54, 1.807) is 0 Å². The summed E-state index contributed by atoms with van der Waals surface area (Å²) in [5.74, 6) is -0.112. The molecule has 1 aliphatic rings. The molecule has 1 saturated heterocycles. The van der Waals surface area contributed by atoms with Gasteiger partial charge in [0.05, 0.1) is 16.7 Å². The van der Waals surface area contributed by atoms with Gasteiger partial charge in [-0.3, -0.25) is 0 Å². The number of nitrogens with zero attached hydrogens (tertiary/aromatic N) is 1. The molecule has 1 aromatic rings. The molecule has 6 nitrogen and oxygen atoms in total. The van der Waals surface area contributed by atoms with E-state index in [2.05, 4.69) is 0 Å². The van der Waals surface area contributed by atoms with Crippen LogP contribution in [0.25, 0.3) is 0 Å². The maximum atomic E-state index is 12.5. The summed E-state index contributed by atoms with van der Waals surface area (Å²) in [7, 11) is -3.55. The molecule has 0 aliphatic carbocycles. The molecule has 1 heterocycles. The van der Waals surface area contributed by atoms with Gasteiger partial charge in [0.2, 0.25) is 10.0 Å². The third-order valence-corrected chi connectivity index (χ3v) is 5.33. The summed E-state index contributed by atoms with van der Waals surface area (Å²) in [5.41, 5.74) is 5.62. The summed E-state index contributed by atoms with van der Waals surface area (Å²) in [4.78, 5) is 0.114. The predicted octanol–water partition coefficient (Wildman–Crippen LogP) is 1.16. The molecule has 0 bridgehead atoms. The quantitative estimate of drug-likeness (QED) is 0.643. The summed E-state index contributed by atoms with van der Waals surface area (Å²) in [6, 6.07) is 3.96. The number of anilines is 1. The van der Waals surface area contributed by atoms with Gasteiger partial charge in [0.1, 0.15) is 5.75 Å². The van der Waals surface area contributed by atoms with Gasteiger partial charge in [-0.05, 0) is 38.0 Å². The molecule has 1 fully saturated rings. The number of hydrogen-bond acceptors (Lipinski definition) is 5. The van der Waals surface area contributed by atoms with Crippen LogP contribution in [0.5, 0.6) is 5.75 Å². The number of piperidine rings is 1. The van der Waals surface area contributed by atoms with Crippen LogP contribution in [0.4, 0.5) is 5.69 Å². The van der Waals surface area contributed by atoms with Gasteiger partial charge in [0, 0.05) is 19.7 Å². The van der Waals surface area contributed by atoms with Crippen molar-refractivity contribution in [3.63, 3.8) is 0 Å². The van der Waals surface area contributed by atoms with Crippen molar-refractivity contribution >= 4 is 15.7 Å². The number of nitrogens with two attached hydrogens (primary N) is 1. The van der Waals surface area contributed by atoms with Gasteiger partial charge in [-0.15, -0.1) is 0 Å². The number of phenolic OH excluding ortho intramolecular Hbond substituents is 1. The Kier molecular flexibility index (Phi) is 4.52. The monoisotopic (exact) mass is 300 g/mol. The summed E-state index contributed by atoms with van der Waals surface area (Å²) < 4.78 is 31.9. The van der Waals surface area contributed by atoms with Gasteiger partial charge in [0.25, 0.3) is 0 Å². The highest BCUT2D eigenvalue weighted by Crippen LogP contribution is 2.27. The van der Waals surface area contributed by atoms with Gasteiger partial charge in [-0.1, -0.05) is 0 Å². The minimum absolute atomic E-state index is 0.0651. The van der Waals surface area contributed by atoms with E-state index in [9.17, 15) is 13.5 Å². The number of nitrogen functional groups attached to an aromatic ring is 1. The molecule has 0 atom stereocenters. The smallest absolute Gasteiger partial charge is 0.243 e. The molecule has 0 amide bonds. The Hall–Kier alpha value is -1.31. The van der Waals surface area contributed by atoms with Crippen LogP contribution < -0.4 is 5.73 Å². The fourth-order valence-corrected chi connectivity index (χ4v) is 3.82. The molecular weight excluding hydrogens is 280 g/mol. The molecule has 0 saturated carbocycles. The SMILES string of the molecule is CCOC1CCN(S(=O)(=O)c2ccc(O)c(N)c2)CC1. The van der Waals surface area contributed by atoms with Crippen LogP contribution in [0, 0.1) is 0 Å². The van der Waals surface area contributed by atoms with Crippen molar-refractivity contribution in [1.29, 1.82) is 0 Å². The molecule has 112 valence electrons. The van der Waals surface area contributed by atoms with Crippen molar-refractivity contribution in [2.45, 2.75) is 30.8 Å². The largest absolute Gasteiger partial charge is 0.506 e. The number of benzene rings is 1. The van der Waals surface area contributed by atoms with Gasteiger partial charge < -0.3 is 15.6 Å². The van der Waals surface area contributed by atoms with E-state index >= 15 is 0 Å². The molecule has 1 aliphatic heterocycles. The minimum atomic E-state index is -3.55. The molecule has 20 heavy (non-hydrogen) atoms. The topological polar surface area (TPSA) is 92.9 Å². The number of phenols is 1. The van der Waals surface area contributed by atoms with Crippen molar-refractivity contribution in [2.24, 2.45) is 0 Å². The Balaban J connectivity index is 2.13. The molecule has 0 aromatic heterocycles. The maximum absolute atomic E-state index is 12.5. The summed E-state index contributed by atoms with van der Waals surface area (Å²) in [6.45, 7) is 3.45. The lowest BCUT2D eigenvalue weighted by molar-refractivity contribution is 0.0290. The fraction of sp³-hybridized carbons (Fsp3) is 0.538. The number of ether oxygens (including phenoxy) is 1. The first kappa shape index (κ1) is 15.1. The van der Waals surface area contributed by atoms with E-state index in [4.69, 9.17) is 10.5 Å². The van der Waals surface area contributed by atoms with Gasteiger partial charge in [-0.25, -0.2) is 8.42 Å². The predicted molar refractivity (Wildman–Crippen MR) is 75.9 cm³/mol. The minimum Gasteiger partial charge on any atom is -0.506 e. The third-order valence-electron chi connectivity index (χ3n) is 3.44. The van der Waals surface area contributed by atoms with Crippen molar-refractivity contribution in [1.82, 2.24) is 4.31 Å². The van der Waals surface area contributed by atoms with Crippen LogP contribution in [-0.2, 0) is 14.8 Å². The fourth-order valence-electron chi connectivity index (χ4n) is 2.32. The highest BCUT2D eigenvalue weighted by Gasteiger charge is 2.29. The van der Waals surface area contributed by atoms with Crippen LogP contribution in [0.3, 0.4) is 0 Å². The van der Waals surface area contributed by atoms with Crippen LogP contribution in [0.15, 0.2) is 23.1 Å². The van der Waals surface area contributed by atoms with Crippen molar-refractivity contribution in [2.75, 3.05) is 25.4 Å². The Morgan fingerprint density at radius 2 is 2.05 bits per heavy atom. The van der Waals surface area contributed by atoms with Crippen LogP contribution in [0.1, 0.15) is 19.8 Å². The molecular formula is C13H20N2O4S. The first-order valence-electron chi connectivity index (χ1n) is 6.65. The van der Waals surface area contributed by atoms with Crippen LogP contribution in [-0.4, -0.2) is 43.6 Å². The lowest BCUT2D eigenvalue weighted by atomic mass is 10.1. The molecule has 0 unspecified atom stereocenters. The average molecular weight is 300 g/mol. The van der Waals surface area contributed by atoms with Crippen LogP contribution in [0.2, 0.25) is 0 Å². The first-order valence-corrected chi connectivity index (χ1v) is 8.09. The van der Waals surface area contributed by atoms with Crippen LogP contribution >= 0.6 is 0 Å². The van der Waals surface area contributed by atoms with Crippen molar-refractivity contribution in [3.8, 4) is 5.75 Å². The molecule has 0 radical (unpaired) electrons. The number of hydrogen-bond donors (Lipinski definition) is 2. The summed E-state index contributed by atoms with van der Waals surface area (Å²) in [5, 5.41) is 9.36. The molecule has 0 spiro atoms. The van der Waals surface area contributed by atoms with Crippen molar-refractivity contribution in [3.05, 3.63) is 18.2 Å². The molecule has 3 N–H and O–H groups in total. The molecule has 1 aromatic carbocycles. The van der Waals surface area contributed by atoms with E-state index in [1.165, 1.54) is 22.5 Å². The van der Waals surface area contributed by atoms with E-state index < -0.39 is 10.0 Å². The number of rotatable bonds is 4. The Labute approximate surface area is 119 Å². The van der Waals surface area contributed by atoms with Gasteiger partial charge in [-0.2, -0.15) is 4.31 Å². The zero-order chi connectivity index (χ0) is 14.8. The zero-order valence-corrected chi connectivity index (χ0v) is 12.3. The first-order chi connectivity index (χ1) is 9.45. The Morgan fingerprint density at radius 3 is 2.60 bits per heavy atom. The normalized spacial score (nSPS) is 18.2. The molecule has 2 rings (SSSR count). The maximum Gasteiger partial charge on any atom is 0.243 e. The summed E-state index contributed by atoms with van der Waals surface area (Å²) in [6.07, 6.45) is 1.53. The third kappa shape index (κ3) is 3.05. The standard InChI is InChI=1S/C13H20N2O4S/c1-2-19-10-5-7-15(8-6-10)20(17,18)11-3-4-13(16)12(14)9-11/h3-4,9-10,16H,2,5-8,14H2,1H3. The second-order valence-corrected chi connectivity index (χ2v) is 6.72. The molecule has 7 heteroatoms. The average Bonchev–Trinajstić information content (AvgIpc) is 2.43. The highest BCUT2D eigenvalue weighted by molar-refractivity contribution is 7.89. The van der Waals surface area contributed by atoms with Crippen molar-refractivity contribution < 1.29 is 18.3 Å². The van der Waals surface area contributed by atoms with E-state index in [0.29, 0.717) is 32.5 Å². The second-order valence-electron chi connectivity index (χ2n) is 4.78. The van der Waals surface area contributed by atoms with E-state index in [0.717, 1.165) is 0 Å². The Morgan fingerprint density at radius 1 is 1.40 bits per heavy atom. The zero-order valence-electron chi connectivity index (χ0n) is 11.4. The van der Waals surface area contributed by atoms with Gasteiger partial charge >= 0.3 is 0 Å². The number of sulfonamides is 1. The summed E-state index contributed by atoms with van der Waals surface area (Å²) >= 11 is 0. The number of aromatic hydroxyl groups is 1.